The summed E-state index contributed by atoms with van der Waals surface area (Å²) in [5.41, 5.74) is 5.73. The lowest BCUT2D eigenvalue weighted by Crippen LogP contribution is -2.31. The monoisotopic (exact) mass is 237 g/mol. The van der Waals surface area contributed by atoms with Crippen LogP contribution in [-0.4, -0.2) is 18.0 Å². The number of ketones is 1. The summed E-state index contributed by atoms with van der Waals surface area (Å²) in [6.07, 6.45) is -1.79. The van der Waals surface area contributed by atoms with Crippen LogP contribution < -0.4 is 5.73 Å². The van der Waals surface area contributed by atoms with E-state index in [1.54, 1.807) is 0 Å². The van der Waals surface area contributed by atoms with Crippen molar-refractivity contribution in [2.45, 2.75) is 57.2 Å². The van der Waals surface area contributed by atoms with Crippen molar-refractivity contribution in [3.05, 3.63) is 0 Å². The summed E-state index contributed by atoms with van der Waals surface area (Å²) in [4.78, 5) is 11.6. The molecule has 0 heterocycles. The summed E-state index contributed by atoms with van der Waals surface area (Å²) >= 11 is 0. The van der Waals surface area contributed by atoms with Crippen LogP contribution >= 0.6 is 0 Å². The molecule has 0 bridgehead atoms. The predicted octanol–water partition coefficient (Wildman–Crippen LogP) is 2.81. The van der Waals surface area contributed by atoms with Crippen LogP contribution in [0.4, 0.5) is 13.2 Å². The second kappa shape index (κ2) is 5.66. The maximum Gasteiger partial charge on any atom is 0.389 e. The molecule has 2 N–H and O–H groups in total. The van der Waals surface area contributed by atoms with Crippen LogP contribution in [0.5, 0.6) is 0 Å². The Morgan fingerprint density at radius 3 is 2.56 bits per heavy atom. The van der Waals surface area contributed by atoms with Crippen LogP contribution in [0.15, 0.2) is 0 Å². The van der Waals surface area contributed by atoms with Gasteiger partial charge in [0.1, 0.15) is 5.78 Å². The minimum absolute atomic E-state index is 0.0386. The average Bonchev–Trinajstić information content (AvgIpc) is 2.15. The van der Waals surface area contributed by atoms with Gasteiger partial charge in [0.05, 0.1) is 0 Å². The summed E-state index contributed by atoms with van der Waals surface area (Å²) in [7, 11) is 0. The van der Waals surface area contributed by atoms with Gasteiger partial charge in [-0.2, -0.15) is 13.2 Å². The lowest BCUT2D eigenvalue weighted by atomic mass is 9.82. The zero-order chi connectivity index (χ0) is 12.2. The zero-order valence-electron chi connectivity index (χ0n) is 9.22. The molecule has 0 aromatic rings. The molecule has 1 aliphatic rings. The highest BCUT2D eigenvalue weighted by Crippen LogP contribution is 2.27. The van der Waals surface area contributed by atoms with Crippen LogP contribution in [-0.2, 0) is 4.79 Å². The molecule has 0 amide bonds. The molecule has 0 radical (unpaired) electrons. The largest absolute Gasteiger partial charge is 0.389 e. The minimum atomic E-state index is -4.15. The van der Waals surface area contributed by atoms with Gasteiger partial charge >= 0.3 is 6.18 Å². The number of nitrogens with two attached hydrogens (primary N) is 1. The number of hydrogen-bond donors (Lipinski definition) is 1. The van der Waals surface area contributed by atoms with Gasteiger partial charge in [-0.1, -0.05) is 6.42 Å². The summed E-state index contributed by atoms with van der Waals surface area (Å²) < 4.78 is 35.6. The first-order valence-corrected chi connectivity index (χ1v) is 5.73. The standard InChI is InChI=1S/C11H18F3NO/c12-11(13,14)6-2-5-10(16)8-3-1-4-9(15)7-8/h8-9H,1-7,15H2. The van der Waals surface area contributed by atoms with Gasteiger partial charge in [0.2, 0.25) is 0 Å². The third-order valence-electron chi connectivity index (χ3n) is 3.05. The Morgan fingerprint density at radius 1 is 1.31 bits per heavy atom. The molecular weight excluding hydrogens is 219 g/mol. The summed E-state index contributed by atoms with van der Waals surface area (Å²) in [5.74, 6) is -0.142. The van der Waals surface area contributed by atoms with Crippen LogP contribution in [0.1, 0.15) is 44.9 Å². The van der Waals surface area contributed by atoms with Crippen molar-refractivity contribution in [2.24, 2.45) is 11.7 Å². The molecule has 2 unspecified atom stereocenters. The van der Waals surface area contributed by atoms with E-state index in [9.17, 15) is 18.0 Å². The fourth-order valence-electron chi connectivity index (χ4n) is 2.19. The number of rotatable bonds is 4. The van der Waals surface area contributed by atoms with Crippen molar-refractivity contribution < 1.29 is 18.0 Å². The quantitative estimate of drug-likeness (QED) is 0.817. The van der Waals surface area contributed by atoms with Crippen molar-refractivity contribution in [3.63, 3.8) is 0 Å². The molecule has 5 heteroatoms. The van der Waals surface area contributed by atoms with Crippen molar-refractivity contribution in [2.75, 3.05) is 0 Å². The highest BCUT2D eigenvalue weighted by Gasteiger charge is 2.29. The third kappa shape index (κ3) is 4.96. The van der Waals surface area contributed by atoms with E-state index in [-0.39, 0.29) is 30.6 Å². The average molecular weight is 237 g/mol. The van der Waals surface area contributed by atoms with Crippen molar-refractivity contribution in [3.8, 4) is 0 Å². The van der Waals surface area contributed by atoms with Crippen molar-refractivity contribution in [1.29, 1.82) is 0 Å². The normalized spacial score (nSPS) is 26.8. The summed E-state index contributed by atoms with van der Waals surface area (Å²) in [6, 6.07) is 0.0466. The van der Waals surface area contributed by atoms with E-state index in [4.69, 9.17) is 5.73 Å². The minimum Gasteiger partial charge on any atom is -0.328 e. The molecule has 0 aliphatic heterocycles. The van der Waals surface area contributed by atoms with Gasteiger partial charge in [-0.3, -0.25) is 4.79 Å². The second-order valence-corrected chi connectivity index (χ2v) is 4.56. The molecule has 0 spiro atoms. The predicted molar refractivity (Wildman–Crippen MR) is 54.8 cm³/mol. The summed E-state index contributed by atoms with van der Waals surface area (Å²) in [5, 5.41) is 0. The Labute approximate surface area is 93.4 Å². The Kier molecular flexibility index (Phi) is 4.77. The van der Waals surface area contributed by atoms with Gasteiger partial charge in [0, 0.05) is 24.8 Å². The molecule has 1 rings (SSSR count). The van der Waals surface area contributed by atoms with E-state index in [0.29, 0.717) is 6.42 Å². The van der Waals surface area contributed by atoms with E-state index in [1.165, 1.54) is 0 Å². The van der Waals surface area contributed by atoms with Crippen molar-refractivity contribution >= 4 is 5.78 Å². The van der Waals surface area contributed by atoms with E-state index < -0.39 is 12.6 Å². The van der Waals surface area contributed by atoms with E-state index in [2.05, 4.69) is 0 Å². The summed E-state index contributed by atoms with van der Waals surface area (Å²) in [6.45, 7) is 0. The molecule has 16 heavy (non-hydrogen) atoms. The maximum atomic E-state index is 11.9. The van der Waals surface area contributed by atoms with Crippen LogP contribution in [0.3, 0.4) is 0 Å². The number of hydrogen-bond acceptors (Lipinski definition) is 2. The number of carbonyl (C=O) groups excluding carboxylic acids is 1. The molecule has 94 valence electrons. The Hall–Kier alpha value is -0.580. The van der Waals surface area contributed by atoms with Crippen LogP contribution in [0.25, 0.3) is 0 Å². The molecule has 0 saturated heterocycles. The van der Waals surface area contributed by atoms with E-state index in [1.807, 2.05) is 0 Å². The molecule has 1 saturated carbocycles. The Morgan fingerprint density at radius 2 is 2.00 bits per heavy atom. The van der Waals surface area contributed by atoms with Gasteiger partial charge in [-0.25, -0.2) is 0 Å². The molecular formula is C11H18F3NO. The van der Waals surface area contributed by atoms with Gasteiger partial charge in [0.15, 0.2) is 0 Å². The van der Waals surface area contributed by atoms with Crippen LogP contribution in [0, 0.1) is 5.92 Å². The molecule has 0 aromatic heterocycles. The molecule has 1 aliphatic carbocycles. The molecule has 2 nitrogen and oxygen atoms in total. The first-order chi connectivity index (χ1) is 7.38. The molecule has 1 fully saturated rings. The van der Waals surface area contributed by atoms with E-state index >= 15 is 0 Å². The smallest absolute Gasteiger partial charge is 0.328 e. The van der Waals surface area contributed by atoms with Gasteiger partial charge in [0.25, 0.3) is 0 Å². The Balaban J connectivity index is 2.24. The van der Waals surface area contributed by atoms with Gasteiger partial charge in [-0.15, -0.1) is 0 Å². The van der Waals surface area contributed by atoms with Crippen LogP contribution in [0.2, 0.25) is 0 Å². The van der Waals surface area contributed by atoms with Gasteiger partial charge < -0.3 is 5.73 Å². The maximum absolute atomic E-state index is 11.9. The highest BCUT2D eigenvalue weighted by atomic mass is 19.4. The Bertz CT molecular complexity index is 240. The first-order valence-electron chi connectivity index (χ1n) is 5.73. The third-order valence-corrected chi connectivity index (χ3v) is 3.05. The number of Topliss-reactive ketones (excluding diaryl/α,β-unsaturated/α-hetero) is 1. The fourth-order valence-corrected chi connectivity index (χ4v) is 2.19. The topological polar surface area (TPSA) is 43.1 Å². The first kappa shape index (κ1) is 13.5. The van der Waals surface area contributed by atoms with Gasteiger partial charge in [-0.05, 0) is 25.7 Å². The molecule has 2 atom stereocenters. The van der Waals surface area contributed by atoms with E-state index in [0.717, 1.165) is 19.3 Å². The lowest BCUT2D eigenvalue weighted by molar-refractivity contribution is -0.137. The highest BCUT2D eigenvalue weighted by molar-refractivity contribution is 5.81. The van der Waals surface area contributed by atoms with Crippen molar-refractivity contribution in [1.82, 2.24) is 0 Å². The zero-order valence-corrected chi connectivity index (χ0v) is 9.22. The lowest BCUT2D eigenvalue weighted by Gasteiger charge is -2.25. The fraction of sp³-hybridized carbons (Fsp3) is 0.909. The molecule has 0 aromatic carbocycles. The second-order valence-electron chi connectivity index (χ2n) is 4.56. The number of halogens is 3. The SMILES string of the molecule is NC1CCCC(C(=O)CCCC(F)(F)F)C1. The number of carbonyl (C=O) groups is 1. The number of alkyl halides is 3.